The average Bonchev–Trinajstić information content (AvgIpc) is 2.74. The van der Waals surface area contributed by atoms with Crippen molar-refractivity contribution in [2.75, 3.05) is 26.2 Å². The highest BCUT2D eigenvalue weighted by atomic mass is 16.2. The number of hydrogen-bond donors (Lipinski definition) is 0. The van der Waals surface area contributed by atoms with E-state index in [1.54, 1.807) is 0 Å². The molecule has 0 radical (unpaired) electrons. The molecule has 1 aliphatic heterocycles. The number of pyridine rings is 1. The van der Waals surface area contributed by atoms with Crippen LogP contribution in [0.3, 0.4) is 0 Å². The summed E-state index contributed by atoms with van der Waals surface area (Å²) in [5, 5.41) is 9.93. The van der Waals surface area contributed by atoms with Crippen molar-refractivity contribution in [2.24, 2.45) is 0 Å². The van der Waals surface area contributed by atoms with Gasteiger partial charge in [0.1, 0.15) is 0 Å². The predicted octanol–water partition coefficient (Wildman–Crippen LogP) is 3.68. The van der Waals surface area contributed by atoms with Gasteiger partial charge >= 0.3 is 0 Å². The van der Waals surface area contributed by atoms with E-state index >= 15 is 0 Å². The van der Waals surface area contributed by atoms with Crippen molar-refractivity contribution >= 4 is 16.8 Å². The molecule has 3 aromatic rings. The van der Waals surface area contributed by atoms with Crippen LogP contribution >= 0.6 is 0 Å². The molecule has 2 aromatic carbocycles. The lowest BCUT2D eigenvalue weighted by molar-refractivity contribution is 0.0627. The first-order valence-corrected chi connectivity index (χ1v) is 9.92. The molecule has 0 atom stereocenters. The summed E-state index contributed by atoms with van der Waals surface area (Å²) < 4.78 is 0. The minimum atomic E-state index is 0.0661. The van der Waals surface area contributed by atoms with Gasteiger partial charge in [0.2, 0.25) is 0 Å². The van der Waals surface area contributed by atoms with Gasteiger partial charge in [-0.2, -0.15) is 5.26 Å². The molecule has 0 spiro atoms. The number of rotatable bonds is 3. The molecule has 0 unspecified atom stereocenters. The fraction of sp³-hybridized carbons (Fsp3) is 0.292. The van der Waals surface area contributed by atoms with Crippen LogP contribution < -0.4 is 0 Å². The van der Waals surface area contributed by atoms with Crippen molar-refractivity contribution in [2.45, 2.75) is 20.4 Å². The number of carbonyl (C=O) groups is 1. The molecule has 5 heteroatoms. The van der Waals surface area contributed by atoms with Crippen LogP contribution in [-0.4, -0.2) is 46.9 Å². The van der Waals surface area contributed by atoms with Crippen LogP contribution in [-0.2, 0) is 6.54 Å². The van der Waals surface area contributed by atoms with Crippen molar-refractivity contribution in [1.82, 2.24) is 14.8 Å². The summed E-state index contributed by atoms with van der Waals surface area (Å²) >= 11 is 0. The minimum absolute atomic E-state index is 0.0661. The number of hydrogen-bond acceptors (Lipinski definition) is 4. The summed E-state index contributed by atoms with van der Waals surface area (Å²) in [7, 11) is 0. The standard InChI is InChI=1S/C24H24N4O/c1-17-3-8-23-21(13-17)14-22(18(2)26-23)24(29)28-11-9-27(10-12-28)16-20-6-4-19(15-25)5-7-20/h3-8,13-14H,9-12,16H2,1-2H3. The van der Waals surface area contributed by atoms with Crippen molar-refractivity contribution < 1.29 is 4.79 Å². The Hall–Kier alpha value is -3.23. The molecule has 5 nitrogen and oxygen atoms in total. The normalized spacial score (nSPS) is 14.7. The number of fused-ring (bicyclic) bond motifs is 1. The summed E-state index contributed by atoms with van der Waals surface area (Å²) in [6.07, 6.45) is 0. The molecule has 1 saturated heterocycles. The molecule has 1 aliphatic rings. The summed E-state index contributed by atoms with van der Waals surface area (Å²) in [5.74, 6) is 0.0661. The number of benzene rings is 2. The molecule has 1 fully saturated rings. The van der Waals surface area contributed by atoms with E-state index in [-0.39, 0.29) is 5.91 Å². The van der Waals surface area contributed by atoms with E-state index in [1.165, 1.54) is 5.56 Å². The van der Waals surface area contributed by atoms with Gasteiger partial charge in [0.15, 0.2) is 0 Å². The summed E-state index contributed by atoms with van der Waals surface area (Å²) in [4.78, 5) is 22.0. The van der Waals surface area contributed by atoms with Crippen LogP contribution in [0.15, 0.2) is 48.5 Å². The van der Waals surface area contributed by atoms with Crippen LogP contribution in [0.2, 0.25) is 0 Å². The number of aromatic nitrogens is 1. The Balaban J connectivity index is 1.43. The third-order valence-corrected chi connectivity index (χ3v) is 5.54. The quantitative estimate of drug-likeness (QED) is 0.691. The fourth-order valence-electron chi connectivity index (χ4n) is 3.83. The van der Waals surface area contributed by atoms with Crippen LogP contribution in [0.5, 0.6) is 0 Å². The van der Waals surface area contributed by atoms with E-state index in [0.717, 1.165) is 41.8 Å². The Morgan fingerprint density at radius 3 is 2.45 bits per heavy atom. The maximum Gasteiger partial charge on any atom is 0.255 e. The smallest absolute Gasteiger partial charge is 0.255 e. The monoisotopic (exact) mass is 384 g/mol. The number of amides is 1. The summed E-state index contributed by atoms with van der Waals surface area (Å²) in [6.45, 7) is 7.89. The molecule has 1 aromatic heterocycles. The fourth-order valence-corrected chi connectivity index (χ4v) is 3.83. The first-order valence-electron chi connectivity index (χ1n) is 9.92. The second-order valence-electron chi connectivity index (χ2n) is 7.69. The SMILES string of the molecule is Cc1ccc2nc(C)c(C(=O)N3CCN(Cc4ccc(C#N)cc4)CC3)cc2c1. The van der Waals surface area contributed by atoms with E-state index < -0.39 is 0 Å². The Morgan fingerprint density at radius 1 is 1.03 bits per heavy atom. The highest BCUT2D eigenvalue weighted by Crippen LogP contribution is 2.20. The molecule has 29 heavy (non-hydrogen) atoms. The molecule has 0 saturated carbocycles. The van der Waals surface area contributed by atoms with Gasteiger partial charge in [0.05, 0.1) is 28.4 Å². The zero-order valence-electron chi connectivity index (χ0n) is 16.9. The second-order valence-corrected chi connectivity index (χ2v) is 7.69. The Kier molecular flexibility index (Phi) is 5.28. The molecule has 146 valence electrons. The molecule has 4 rings (SSSR count). The van der Waals surface area contributed by atoms with Gasteiger partial charge in [-0.05, 0) is 49.7 Å². The third-order valence-electron chi connectivity index (χ3n) is 5.54. The van der Waals surface area contributed by atoms with Crippen LogP contribution in [0.25, 0.3) is 10.9 Å². The first-order chi connectivity index (χ1) is 14.0. The Labute approximate surface area is 171 Å². The predicted molar refractivity (Wildman–Crippen MR) is 114 cm³/mol. The molecule has 1 amide bonds. The Morgan fingerprint density at radius 2 is 1.76 bits per heavy atom. The van der Waals surface area contributed by atoms with Gasteiger partial charge in [0.25, 0.3) is 5.91 Å². The van der Waals surface area contributed by atoms with Crippen molar-refractivity contribution in [3.8, 4) is 6.07 Å². The first kappa shape index (κ1) is 19.1. The Bertz CT molecular complexity index is 1090. The molecule has 0 N–H and O–H groups in total. The largest absolute Gasteiger partial charge is 0.336 e. The van der Waals surface area contributed by atoms with Gasteiger partial charge in [-0.1, -0.05) is 23.8 Å². The molecule has 2 heterocycles. The topological polar surface area (TPSA) is 60.2 Å². The van der Waals surface area contributed by atoms with Gasteiger partial charge in [0, 0.05) is 38.1 Å². The average molecular weight is 384 g/mol. The van der Waals surface area contributed by atoms with Crippen molar-refractivity contribution in [3.05, 3.63) is 76.5 Å². The summed E-state index contributed by atoms with van der Waals surface area (Å²) in [5.41, 5.74) is 5.44. The number of nitriles is 1. The number of piperazine rings is 1. The van der Waals surface area contributed by atoms with Gasteiger partial charge in [-0.25, -0.2) is 0 Å². The van der Waals surface area contributed by atoms with Gasteiger partial charge in [-0.15, -0.1) is 0 Å². The van der Waals surface area contributed by atoms with Crippen molar-refractivity contribution in [1.29, 1.82) is 5.26 Å². The zero-order valence-corrected chi connectivity index (χ0v) is 16.9. The van der Waals surface area contributed by atoms with Crippen LogP contribution in [0.4, 0.5) is 0 Å². The van der Waals surface area contributed by atoms with Gasteiger partial charge in [-0.3, -0.25) is 14.7 Å². The van der Waals surface area contributed by atoms with E-state index in [0.29, 0.717) is 24.2 Å². The molecule has 0 aliphatic carbocycles. The van der Waals surface area contributed by atoms with Crippen LogP contribution in [0, 0.1) is 25.2 Å². The number of nitrogens with zero attached hydrogens (tertiary/aromatic N) is 4. The van der Waals surface area contributed by atoms with E-state index in [1.807, 2.05) is 61.2 Å². The second kappa shape index (κ2) is 8.02. The highest BCUT2D eigenvalue weighted by Gasteiger charge is 2.24. The number of aryl methyl sites for hydroxylation is 2. The maximum absolute atomic E-state index is 13.1. The van der Waals surface area contributed by atoms with Crippen LogP contribution in [0.1, 0.15) is 32.7 Å². The maximum atomic E-state index is 13.1. The lowest BCUT2D eigenvalue weighted by atomic mass is 10.1. The highest BCUT2D eigenvalue weighted by molar-refractivity contribution is 5.98. The number of carbonyl (C=O) groups excluding carboxylic acids is 1. The molecular weight excluding hydrogens is 360 g/mol. The molecule has 0 bridgehead atoms. The van der Waals surface area contributed by atoms with E-state index in [4.69, 9.17) is 5.26 Å². The molecular formula is C24H24N4O. The lowest BCUT2D eigenvalue weighted by Gasteiger charge is -2.35. The van der Waals surface area contributed by atoms with Gasteiger partial charge < -0.3 is 4.90 Å². The minimum Gasteiger partial charge on any atom is -0.336 e. The summed E-state index contributed by atoms with van der Waals surface area (Å²) in [6, 6.07) is 18.0. The van der Waals surface area contributed by atoms with Crippen molar-refractivity contribution in [3.63, 3.8) is 0 Å². The van der Waals surface area contributed by atoms with E-state index in [9.17, 15) is 4.79 Å². The third kappa shape index (κ3) is 4.13. The van der Waals surface area contributed by atoms with E-state index in [2.05, 4.69) is 22.0 Å². The lowest BCUT2D eigenvalue weighted by Crippen LogP contribution is -2.48. The zero-order chi connectivity index (χ0) is 20.4.